The Bertz CT molecular complexity index is 408. The molecule has 3 heteroatoms. The van der Waals surface area contributed by atoms with Gasteiger partial charge in [0.25, 0.3) is 0 Å². The maximum atomic E-state index is 4.65. The first-order valence-corrected chi connectivity index (χ1v) is 7.37. The molecule has 2 rings (SSSR count). The highest BCUT2D eigenvalue weighted by Gasteiger charge is 2.40. The fraction of sp³-hybridized carbons (Fsp3) is 0.800. The highest BCUT2D eigenvalue weighted by Crippen LogP contribution is 2.44. The van der Waals surface area contributed by atoms with E-state index in [0.29, 0.717) is 12.0 Å². The van der Waals surface area contributed by atoms with Gasteiger partial charge in [0.05, 0.1) is 5.69 Å². The first-order valence-electron chi connectivity index (χ1n) is 7.37. The van der Waals surface area contributed by atoms with Gasteiger partial charge >= 0.3 is 0 Å². The minimum atomic E-state index is 0.707. The second kappa shape index (κ2) is 5.43. The molecule has 1 aromatic heterocycles. The first-order chi connectivity index (χ1) is 8.60. The lowest BCUT2D eigenvalue weighted by Crippen LogP contribution is -2.48. The molecule has 1 aromatic rings. The van der Waals surface area contributed by atoms with Crippen molar-refractivity contribution in [1.82, 2.24) is 15.1 Å². The lowest BCUT2D eigenvalue weighted by molar-refractivity contribution is 0.183. The van der Waals surface area contributed by atoms with Crippen LogP contribution in [0.1, 0.15) is 56.5 Å². The Kier molecular flexibility index (Phi) is 4.10. The molecule has 0 bridgehead atoms. The summed E-state index contributed by atoms with van der Waals surface area (Å²) in [7, 11) is 0. The number of hydrogen-bond acceptors (Lipinski definition) is 2. The van der Waals surface area contributed by atoms with Crippen molar-refractivity contribution in [3.05, 3.63) is 17.0 Å². The lowest BCUT2D eigenvalue weighted by Gasteiger charge is -2.44. The smallest absolute Gasteiger partial charge is 0.0631 e. The summed E-state index contributed by atoms with van der Waals surface area (Å²) in [6, 6.07) is 0.707. The van der Waals surface area contributed by atoms with Gasteiger partial charge in [-0.15, -0.1) is 0 Å². The van der Waals surface area contributed by atoms with E-state index in [2.05, 4.69) is 49.7 Å². The van der Waals surface area contributed by atoms with Crippen LogP contribution in [0.5, 0.6) is 0 Å². The molecule has 3 unspecified atom stereocenters. The molecule has 18 heavy (non-hydrogen) atoms. The predicted molar refractivity (Wildman–Crippen MR) is 76.0 cm³/mol. The zero-order valence-electron chi connectivity index (χ0n) is 12.5. The van der Waals surface area contributed by atoms with Crippen LogP contribution in [-0.4, -0.2) is 22.4 Å². The van der Waals surface area contributed by atoms with Crippen molar-refractivity contribution in [2.24, 2.45) is 5.92 Å². The number of rotatable bonds is 5. The number of nitrogens with one attached hydrogen (secondary N) is 1. The van der Waals surface area contributed by atoms with Gasteiger partial charge < -0.3 is 5.32 Å². The quantitative estimate of drug-likeness (QED) is 0.869. The van der Waals surface area contributed by atoms with Crippen molar-refractivity contribution < 1.29 is 0 Å². The van der Waals surface area contributed by atoms with Gasteiger partial charge in [-0.05, 0) is 57.6 Å². The Balaban J connectivity index is 2.08. The average molecular weight is 249 g/mol. The molecule has 1 heterocycles. The highest BCUT2D eigenvalue weighted by atomic mass is 15.3. The zero-order valence-corrected chi connectivity index (χ0v) is 12.5. The monoisotopic (exact) mass is 249 g/mol. The van der Waals surface area contributed by atoms with Gasteiger partial charge in [-0.25, -0.2) is 0 Å². The van der Waals surface area contributed by atoms with Gasteiger partial charge in [0.15, 0.2) is 0 Å². The Hall–Kier alpha value is -0.830. The zero-order chi connectivity index (χ0) is 13.3. The van der Waals surface area contributed by atoms with Crippen LogP contribution in [0.15, 0.2) is 0 Å². The van der Waals surface area contributed by atoms with E-state index in [4.69, 9.17) is 0 Å². The van der Waals surface area contributed by atoms with Crippen LogP contribution < -0.4 is 5.32 Å². The molecular weight excluding hydrogens is 222 g/mol. The number of aromatic nitrogens is 2. The maximum Gasteiger partial charge on any atom is 0.0631 e. The summed E-state index contributed by atoms with van der Waals surface area (Å²) in [6.07, 6.45) is 2.50. The van der Waals surface area contributed by atoms with Crippen molar-refractivity contribution in [2.75, 3.05) is 6.54 Å². The molecule has 0 spiro atoms. The van der Waals surface area contributed by atoms with Crippen LogP contribution in [0.2, 0.25) is 0 Å². The average Bonchev–Trinajstić information content (AvgIpc) is 2.64. The van der Waals surface area contributed by atoms with Crippen molar-refractivity contribution in [3.63, 3.8) is 0 Å². The van der Waals surface area contributed by atoms with Gasteiger partial charge in [-0.2, -0.15) is 5.10 Å². The summed E-state index contributed by atoms with van der Waals surface area (Å²) in [6.45, 7) is 13.3. The van der Waals surface area contributed by atoms with Gasteiger partial charge in [0.2, 0.25) is 0 Å². The number of nitrogens with zero attached hydrogens (tertiary/aromatic N) is 2. The topological polar surface area (TPSA) is 29.9 Å². The van der Waals surface area contributed by atoms with Crippen LogP contribution in [0.25, 0.3) is 0 Å². The fourth-order valence-corrected chi connectivity index (χ4v) is 3.32. The summed E-state index contributed by atoms with van der Waals surface area (Å²) in [4.78, 5) is 0. The van der Waals surface area contributed by atoms with E-state index in [1.807, 2.05) is 0 Å². The minimum absolute atomic E-state index is 0.707. The summed E-state index contributed by atoms with van der Waals surface area (Å²) < 4.78 is 2.14. The van der Waals surface area contributed by atoms with E-state index in [9.17, 15) is 0 Å². The van der Waals surface area contributed by atoms with Crippen molar-refractivity contribution in [2.45, 2.75) is 66.0 Å². The Morgan fingerprint density at radius 3 is 2.56 bits per heavy atom. The molecule has 0 amide bonds. The molecule has 1 saturated carbocycles. The molecule has 1 aliphatic rings. The minimum Gasteiger partial charge on any atom is -0.314 e. The molecule has 1 aliphatic carbocycles. The van der Waals surface area contributed by atoms with Gasteiger partial charge in [-0.3, -0.25) is 4.68 Å². The van der Waals surface area contributed by atoms with Gasteiger partial charge in [-0.1, -0.05) is 13.8 Å². The van der Waals surface area contributed by atoms with E-state index < -0.39 is 0 Å². The third kappa shape index (κ3) is 2.20. The summed E-state index contributed by atoms with van der Waals surface area (Å²) >= 11 is 0. The van der Waals surface area contributed by atoms with Crippen LogP contribution in [0, 0.1) is 19.8 Å². The molecule has 1 N–H and O–H groups in total. The van der Waals surface area contributed by atoms with Gasteiger partial charge in [0.1, 0.15) is 0 Å². The van der Waals surface area contributed by atoms with E-state index in [-0.39, 0.29) is 0 Å². The highest BCUT2D eigenvalue weighted by molar-refractivity contribution is 5.32. The predicted octanol–water partition coefficient (Wildman–Crippen LogP) is 3.01. The number of hydrogen-bond donors (Lipinski definition) is 1. The molecule has 0 aromatic carbocycles. The molecule has 0 radical (unpaired) electrons. The van der Waals surface area contributed by atoms with Crippen molar-refractivity contribution in [1.29, 1.82) is 0 Å². The Morgan fingerprint density at radius 1 is 1.33 bits per heavy atom. The molecular formula is C15H27N3. The molecule has 1 fully saturated rings. The van der Waals surface area contributed by atoms with E-state index in [1.165, 1.54) is 29.8 Å². The SMILES string of the molecule is CCCNC1CC(c2c(C)nn(CC)c2C)C1C. The maximum absolute atomic E-state index is 4.65. The van der Waals surface area contributed by atoms with Crippen LogP contribution >= 0.6 is 0 Å². The Labute approximate surface area is 111 Å². The standard InChI is InChI=1S/C15H27N3/c1-6-8-16-14-9-13(10(14)3)15-11(4)17-18(7-2)12(15)5/h10,13-14,16H,6-9H2,1-5H3. The molecule has 3 nitrogen and oxygen atoms in total. The van der Waals surface area contributed by atoms with E-state index in [1.54, 1.807) is 0 Å². The number of aryl methyl sites for hydroxylation is 2. The van der Waals surface area contributed by atoms with E-state index in [0.717, 1.165) is 19.0 Å². The summed E-state index contributed by atoms with van der Waals surface area (Å²) in [5.41, 5.74) is 4.12. The normalized spacial score (nSPS) is 27.3. The third-order valence-electron chi connectivity index (χ3n) is 4.54. The van der Waals surface area contributed by atoms with Gasteiger partial charge in [0, 0.05) is 18.3 Å². The Morgan fingerprint density at radius 2 is 2.06 bits per heavy atom. The van der Waals surface area contributed by atoms with Crippen molar-refractivity contribution >= 4 is 0 Å². The fourth-order valence-electron chi connectivity index (χ4n) is 3.32. The molecule has 102 valence electrons. The van der Waals surface area contributed by atoms with Crippen LogP contribution in [-0.2, 0) is 6.54 Å². The first kappa shape index (κ1) is 13.6. The lowest BCUT2D eigenvalue weighted by atomic mass is 9.66. The van der Waals surface area contributed by atoms with E-state index >= 15 is 0 Å². The largest absolute Gasteiger partial charge is 0.314 e. The third-order valence-corrected chi connectivity index (χ3v) is 4.54. The van der Waals surface area contributed by atoms with Crippen molar-refractivity contribution in [3.8, 4) is 0 Å². The van der Waals surface area contributed by atoms with Crippen LogP contribution in [0.3, 0.4) is 0 Å². The summed E-state index contributed by atoms with van der Waals surface area (Å²) in [5.74, 6) is 1.45. The molecule has 0 saturated heterocycles. The second-order valence-corrected chi connectivity index (χ2v) is 5.66. The molecule has 3 atom stereocenters. The van der Waals surface area contributed by atoms with Crippen LogP contribution in [0.4, 0.5) is 0 Å². The second-order valence-electron chi connectivity index (χ2n) is 5.66. The summed E-state index contributed by atoms with van der Waals surface area (Å²) in [5, 5.41) is 8.30. The molecule has 0 aliphatic heterocycles.